The summed E-state index contributed by atoms with van der Waals surface area (Å²) >= 11 is 0. The number of carbonyl (C=O) groups is 2. The normalized spacial score (nSPS) is 11.5. The largest absolute Gasteiger partial charge is 0.459 e. The third-order valence-electron chi connectivity index (χ3n) is 3.39. The zero-order valence-electron chi connectivity index (χ0n) is 14.5. The number of esters is 1. The highest BCUT2D eigenvalue weighted by Gasteiger charge is 2.18. The number of aryl methyl sites for hydroxylation is 1. The standard InChI is InChI=1S/C17H23N3O4/c1-5-19-12-8-6-7-9-13(12)20(16(19)23)11-14(21)18-10-15(22)24-17(2,3)4/h6-9H,5,10-11H2,1-4H3,(H,18,21). The number of rotatable bonds is 5. The molecule has 7 heteroatoms. The smallest absolute Gasteiger partial charge is 0.329 e. The number of imidazole rings is 1. The van der Waals surface area contributed by atoms with E-state index in [0.717, 1.165) is 5.52 Å². The van der Waals surface area contributed by atoms with E-state index >= 15 is 0 Å². The Morgan fingerprint density at radius 2 is 1.71 bits per heavy atom. The van der Waals surface area contributed by atoms with Crippen LogP contribution in [0.5, 0.6) is 0 Å². The van der Waals surface area contributed by atoms with Crippen LogP contribution in [-0.2, 0) is 27.4 Å². The summed E-state index contributed by atoms with van der Waals surface area (Å²) in [4.78, 5) is 36.2. The Balaban J connectivity index is 2.10. The van der Waals surface area contributed by atoms with E-state index in [1.807, 2.05) is 25.1 Å². The average Bonchev–Trinajstić information content (AvgIpc) is 2.76. The van der Waals surface area contributed by atoms with Crippen LogP contribution in [0.4, 0.5) is 0 Å². The fraction of sp³-hybridized carbons (Fsp3) is 0.471. The van der Waals surface area contributed by atoms with Crippen LogP contribution >= 0.6 is 0 Å². The average molecular weight is 333 g/mol. The summed E-state index contributed by atoms with van der Waals surface area (Å²) in [5.74, 6) is -0.929. The number of amides is 1. The molecule has 2 aromatic rings. The molecule has 0 radical (unpaired) electrons. The molecule has 0 aliphatic rings. The fourth-order valence-corrected chi connectivity index (χ4v) is 2.48. The first kappa shape index (κ1) is 17.8. The molecule has 0 fully saturated rings. The number of nitrogens with zero attached hydrogens (tertiary/aromatic N) is 2. The van der Waals surface area contributed by atoms with Gasteiger partial charge in [0, 0.05) is 6.54 Å². The number of benzene rings is 1. The number of aromatic nitrogens is 2. The van der Waals surface area contributed by atoms with Gasteiger partial charge in [0.1, 0.15) is 18.7 Å². The van der Waals surface area contributed by atoms with Crippen LogP contribution in [0.2, 0.25) is 0 Å². The zero-order chi connectivity index (χ0) is 17.9. The number of nitrogens with one attached hydrogen (secondary N) is 1. The molecule has 0 saturated heterocycles. The molecule has 0 atom stereocenters. The highest BCUT2D eigenvalue weighted by molar-refractivity contribution is 5.84. The molecule has 0 unspecified atom stereocenters. The van der Waals surface area contributed by atoms with Crippen LogP contribution in [0.15, 0.2) is 29.1 Å². The number of hydrogen-bond acceptors (Lipinski definition) is 4. The fourth-order valence-electron chi connectivity index (χ4n) is 2.48. The van der Waals surface area contributed by atoms with Crippen molar-refractivity contribution in [1.29, 1.82) is 0 Å². The number of hydrogen-bond donors (Lipinski definition) is 1. The Hall–Kier alpha value is -2.57. The summed E-state index contributed by atoms with van der Waals surface area (Å²) < 4.78 is 8.14. The lowest BCUT2D eigenvalue weighted by molar-refractivity contribution is -0.154. The molecule has 1 N–H and O–H groups in total. The second-order valence-electron chi connectivity index (χ2n) is 6.46. The second kappa shape index (κ2) is 6.90. The van der Waals surface area contributed by atoms with E-state index in [4.69, 9.17) is 4.74 Å². The van der Waals surface area contributed by atoms with Crippen molar-refractivity contribution in [1.82, 2.24) is 14.5 Å². The third kappa shape index (κ3) is 4.04. The number of ether oxygens (including phenoxy) is 1. The van der Waals surface area contributed by atoms with Crippen LogP contribution in [-0.4, -0.2) is 33.2 Å². The van der Waals surface area contributed by atoms with E-state index in [0.29, 0.717) is 12.1 Å². The molecule has 24 heavy (non-hydrogen) atoms. The molecule has 1 amide bonds. The summed E-state index contributed by atoms with van der Waals surface area (Å²) in [6.07, 6.45) is 0. The molecular weight excluding hydrogens is 310 g/mol. The lowest BCUT2D eigenvalue weighted by atomic mass is 10.2. The van der Waals surface area contributed by atoms with E-state index in [2.05, 4.69) is 5.32 Å². The topological polar surface area (TPSA) is 82.3 Å². The van der Waals surface area contributed by atoms with E-state index in [1.54, 1.807) is 31.4 Å². The van der Waals surface area contributed by atoms with E-state index in [9.17, 15) is 14.4 Å². The predicted molar refractivity (Wildman–Crippen MR) is 90.7 cm³/mol. The molecular formula is C17H23N3O4. The van der Waals surface area contributed by atoms with Gasteiger partial charge in [-0.3, -0.25) is 18.7 Å². The molecule has 2 rings (SSSR count). The maximum absolute atomic E-state index is 12.4. The highest BCUT2D eigenvalue weighted by atomic mass is 16.6. The summed E-state index contributed by atoms with van der Waals surface area (Å²) in [7, 11) is 0. The van der Waals surface area contributed by atoms with Crippen molar-refractivity contribution < 1.29 is 14.3 Å². The van der Waals surface area contributed by atoms with Crippen molar-refractivity contribution in [2.75, 3.05) is 6.54 Å². The van der Waals surface area contributed by atoms with Crippen LogP contribution < -0.4 is 11.0 Å². The van der Waals surface area contributed by atoms with Gasteiger partial charge < -0.3 is 10.1 Å². The number of para-hydroxylation sites is 2. The number of carbonyl (C=O) groups excluding carboxylic acids is 2. The van der Waals surface area contributed by atoms with E-state index in [-0.39, 0.29) is 18.8 Å². The predicted octanol–water partition coefficient (Wildman–Crippen LogP) is 1.28. The van der Waals surface area contributed by atoms with Gasteiger partial charge in [0.15, 0.2) is 0 Å². The van der Waals surface area contributed by atoms with Crippen molar-refractivity contribution in [2.45, 2.75) is 46.4 Å². The maximum atomic E-state index is 12.4. The monoisotopic (exact) mass is 333 g/mol. The molecule has 1 aromatic carbocycles. The molecule has 1 heterocycles. The summed E-state index contributed by atoms with van der Waals surface area (Å²) in [6.45, 7) is 7.29. The van der Waals surface area contributed by atoms with Crippen LogP contribution in [0.25, 0.3) is 11.0 Å². The Bertz CT molecular complexity index is 811. The molecule has 0 spiro atoms. The Morgan fingerprint density at radius 1 is 1.12 bits per heavy atom. The van der Waals surface area contributed by atoms with Crippen molar-refractivity contribution in [3.8, 4) is 0 Å². The van der Waals surface area contributed by atoms with Crippen molar-refractivity contribution in [3.05, 3.63) is 34.7 Å². The molecule has 1 aromatic heterocycles. The minimum atomic E-state index is -0.604. The van der Waals surface area contributed by atoms with Crippen LogP contribution in [0, 0.1) is 0 Å². The third-order valence-corrected chi connectivity index (χ3v) is 3.39. The van der Waals surface area contributed by atoms with Gasteiger partial charge in [0.2, 0.25) is 5.91 Å². The molecule has 130 valence electrons. The first-order valence-electron chi connectivity index (χ1n) is 7.89. The van der Waals surface area contributed by atoms with Crippen molar-refractivity contribution >= 4 is 22.9 Å². The number of fused-ring (bicyclic) bond motifs is 1. The van der Waals surface area contributed by atoms with Gasteiger partial charge in [-0.25, -0.2) is 4.79 Å². The molecule has 7 nitrogen and oxygen atoms in total. The second-order valence-corrected chi connectivity index (χ2v) is 6.46. The quantitative estimate of drug-likeness (QED) is 0.836. The maximum Gasteiger partial charge on any atom is 0.329 e. The van der Waals surface area contributed by atoms with Gasteiger partial charge in [-0.2, -0.15) is 0 Å². The lowest BCUT2D eigenvalue weighted by Crippen LogP contribution is -2.38. The summed E-state index contributed by atoms with van der Waals surface area (Å²) in [5, 5.41) is 2.49. The van der Waals surface area contributed by atoms with E-state index in [1.165, 1.54) is 4.57 Å². The minimum absolute atomic E-state index is 0.144. The SMILES string of the molecule is CCn1c(=O)n(CC(=O)NCC(=O)OC(C)(C)C)c2ccccc21. The summed E-state index contributed by atoms with van der Waals surface area (Å²) in [6, 6.07) is 7.30. The van der Waals surface area contributed by atoms with Gasteiger partial charge in [0.25, 0.3) is 0 Å². The van der Waals surface area contributed by atoms with Crippen LogP contribution in [0.1, 0.15) is 27.7 Å². The first-order chi connectivity index (χ1) is 11.2. The summed E-state index contributed by atoms with van der Waals surface area (Å²) in [5.41, 5.74) is 0.626. The van der Waals surface area contributed by atoms with Gasteiger partial charge in [-0.1, -0.05) is 12.1 Å². The Kier molecular flexibility index (Phi) is 5.11. The van der Waals surface area contributed by atoms with Crippen molar-refractivity contribution in [2.24, 2.45) is 0 Å². The van der Waals surface area contributed by atoms with Gasteiger partial charge in [-0.05, 0) is 39.8 Å². The van der Waals surface area contributed by atoms with Crippen molar-refractivity contribution in [3.63, 3.8) is 0 Å². The van der Waals surface area contributed by atoms with Gasteiger partial charge in [0.05, 0.1) is 11.0 Å². The molecule has 0 bridgehead atoms. The Labute approximate surface area is 140 Å². The minimum Gasteiger partial charge on any atom is -0.459 e. The lowest BCUT2D eigenvalue weighted by Gasteiger charge is -2.19. The van der Waals surface area contributed by atoms with Gasteiger partial charge >= 0.3 is 11.7 Å². The molecule has 0 aliphatic heterocycles. The van der Waals surface area contributed by atoms with Gasteiger partial charge in [-0.15, -0.1) is 0 Å². The highest BCUT2D eigenvalue weighted by Crippen LogP contribution is 2.12. The van der Waals surface area contributed by atoms with E-state index < -0.39 is 17.5 Å². The Morgan fingerprint density at radius 3 is 2.25 bits per heavy atom. The van der Waals surface area contributed by atoms with Crippen LogP contribution in [0.3, 0.4) is 0 Å². The molecule has 0 saturated carbocycles. The first-order valence-corrected chi connectivity index (χ1v) is 7.89. The molecule has 0 aliphatic carbocycles. The zero-order valence-corrected chi connectivity index (χ0v) is 14.5.